The number of aromatic nitrogens is 1. The van der Waals surface area contributed by atoms with E-state index < -0.39 is 0 Å². The van der Waals surface area contributed by atoms with Gasteiger partial charge in [-0.25, -0.2) is 0 Å². The van der Waals surface area contributed by atoms with Crippen LogP contribution in [0.2, 0.25) is 0 Å². The fraction of sp³-hybridized carbons (Fsp3) is 0.270. The Morgan fingerprint density at radius 3 is 1.31 bits per heavy atom. The Hall–Kier alpha value is -7.40. The first-order chi connectivity index (χ1) is 36.8. The van der Waals surface area contributed by atoms with Crippen LogP contribution in [-0.2, 0) is 21.7 Å². The van der Waals surface area contributed by atoms with E-state index in [-0.39, 0.29) is 21.7 Å². The second-order valence-electron chi connectivity index (χ2n) is 26.8. The summed E-state index contributed by atoms with van der Waals surface area (Å²) in [5.41, 5.74) is 23.2. The maximum atomic E-state index is 2.68. The maximum Gasteiger partial charge on any atom is 0.0729 e. The number of rotatable bonds is 7. The monoisotopic (exact) mass is 1040 g/mol. The summed E-state index contributed by atoms with van der Waals surface area (Å²) in [6, 6.07) is 63.6. The van der Waals surface area contributed by atoms with Gasteiger partial charge in [0.25, 0.3) is 0 Å². The first-order valence-electron chi connectivity index (χ1n) is 28.1. The van der Waals surface area contributed by atoms with Gasteiger partial charge in [0.15, 0.2) is 0 Å². The Kier molecular flexibility index (Phi) is 11.9. The van der Waals surface area contributed by atoms with E-state index >= 15 is 0 Å². The predicted octanol–water partition coefficient (Wildman–Crippen LogP) is 22.2. The van der Waals surface area contributed by atoms with Gasteiger partial charge in [0.2, 0.25) is 0 Å². The Morgan fingerprint density at radius 2 is 0.808 bits per heavy atom. The molecule has 9 aromatic carbocycles. The number of anilines is 6. The summed E-state index contributed by atoms with van der Waals surface area (Å²) in [6.07, 6.45) is 0. The summed E-state index contributed by atoms with van der Waals surface area (Å²) < 4.78 is 5.27. The number of nitrogens with zero attached hydrogens (tertiary/aromatic N) is 3. The van der Waals surface area contributed by atoms with Gasteiger partial charge in [-0.2, -0.15) is 0 Å². The van der Waals surface area contributed by atoms with Gasteiger partial charge in [0.1, 0.15) is 0 Å². The number of aryl methyl sites for hydroxylation is 4. The van der Waals surface area contributed by atoms with Crippen LogP contribution >= 0.6 is 11.3 Å². The third-order valence-electron chi connectivity index (χ3n) is 16.3. The highest BCUT2D eigenvalue weighted by Crippen LogP contribution is 2.55. The average Bonchev–Trinajstić information content (AvgIpc) is 2.67. The van der Waals surface area contributed by atoms with Crippen LogP contribution in [0.25, 0.3) is 69.4 Å². The van der Waals surface area contributed by atoms with Crippen LogP contribution < -0.4 is 9.80 Å². The van der Waals surface area contributed by atoms with Crippen LogP contribution in [0.5, 0.6) is 0 Å². The third kappa shape index (κ3) is 8.72. The minimum Gasteiger partial charge on any atom is -0.310 e. The van der Waals surface area contributed by atoms with Gasteiger partial charge < -0.3 is 14.2 Å². The van der Waals surface area contributed by atoms with Crippen molar-refractivity contribution in [3.8, 4) is 11.1 Å². The Morgan fingerprint density at radius 1 is 0.346 bits per heavy atom. The molecule has 0 fully saturated rings. The van der Waals surface area contributed by atoms with Crippen LogP contribution in [0, 0.1) is 27.7 Å². The molecule has 3 nitrogen and oxygen atoms in total. The summed E-state index contributed by atoms with van der Waals surface area (Å²) in [6.45, 7) is 37.1. The van der Waals surface area contributed by atoms with E-state index in [1.807, 2.05) is 11.3 Å². The van der Waals surface area contributed by atoms with Crippen LogP contribution in [0.3, 0.4) is 0 Å². The fourth-order valence-electron chi connectivity index (χ4n) is 12.3. The summed E-state index contributed by atoms with van der Waals surface area (Å²) in [4.78, 5) is 5.17. The molecule has 78 heavy (non-hydrogen) atoms. The molecule has 0 N–H and O–H groups in total. The standard InChI is InChI=1S/C74H75N3S/c1-44-30-45(2)33-54(32-44)75(56-39-50(71(5,6)7)37-51(40-56)72(8,9)10)62-28-27-60-66-59-25-21-20-24-58(59)63(76(55-34-46(3)31-47(4)35-55)57-41-52(73(11,12)13)38-53(42-57)74(14,15)16)43-64(66)77-68(60)67(62)70-69(77)61-36-49(26-29-65(61)78-70)48-22-18-17-19-23-48/h17-43H,1-16H3. The van der Waals surface area contributed by atoms with E-state index in [0.717, 1.165) is 5.69 Å². The zero-order valence-corrected chi connectivity index (χ0v) is 49.7. The van der Waals surface area contributed by atoms with E-state index in [1.54, 1.807) is 0 Å². The second kappa shape index (κ2) is 18.1. The molecular formula is C74H75N3S. The molecule has 12 rings (SSSR count). The largest absolute Gasteiger partial charge is 0.310 e. The first-order valence-corrected chi connectivity index (χ1v) is 28.9. The molecule has 0 aliphatic heterocycles. The second-order valence-corrected chi connectivity index (χ2v) is 27.8. The molecule has 0 bridgehead atoms. The minimum atomic E-state index is -0.0715. The van der Waals surface area contributed by atoms with Gasteiger partial charge in [-0.05, 0) is 183 Å². The average molecular weight is 1040 g/mol. The smallest absolute Gasteiger partial charge is 0.0729 e. The molecule has 12 aromatic rings. The Labute approximate surface area is 467 Å². The van der Waals surface area contributed by atoms with Gasteiger partial charge in [-0.3, -0.25) is 0 Å². The summed E-state index contributed by atoms with van der Waals surface area (Å²) in [7, 11) is 0. The van der Waals surface area contributed by atoms with Gasteiger partial charge in [-0.1, -0.05) is 174 Å². The van der Waals surface area contributed by atoms with Crippen molar-refractivity contribution in [1.82, 2.24) is 4.40 Å². The predicted molar refractivity (Wildman–Crippen MR) is 343 cm³/mol. The summed E-state index contributed by atoms with van der Waals surface area (Å²) in [5.74, 6) is 0. The lowest BCUT2D eigenvalue weighted by Crippen LogP contribution is -2.19. The molecule has 0 aliphatic carbocycles. The molecule has 4 heteroatoms. The van der Waals surface area contributed by atoms with Crippen molar-refractivity contribution >= 4 is 104 Å². The third-order valence-corrected chi connectivity index (χ3v) is 17.5. The molecule has 0 unspecified atom stereocenters. The van der Waals surface area contributed by atoms with E-state index in [9.17, 15) is 0 Å². The highest BCUT2D eigenvalue weighted by molar-refractivity contribution is 7.26. The highest BCUT2D eigenvalue weighted by Gasteiger charge is 2.32. The van der Waals surface area contributed by atoms with E-state index in [1.165, 1.54) is 142 Å². The lowest BCUT2D eigenvalue weighted by atomic mass is 9.80. The molecule has 0 spiro atoms. The minimum absolute atomic E-state index is 0.0708. The molecule has 3 aromatic heterocycles. The lowest BCUT2D eigenvalue weighted by molar-refractivity contribution is 0.568. The van der Waals surface area contributed by atoms with Crippen molar-refractivity contribution in [3.63, 3.8) is 0 Å². The molecule has 0 atom stereocenters. The van der Waals surface area contributed by atoms with Crippen molar-refractivity contribution in [2.45, 2.75) is 132 Å². The topological polar surface area (TPSA) is 10.9 Å². The van der Waals surface area contributed by atoms with Crippen molar-refractivity contribution in [3.05, 3.63) is 208 Å². The van der Waals surface area contributed by atoms with Crippen molar-refractivity contribution in [1.29, 1.82) is 0 Å². The SMILES string of the molecule is Cc1cc(C)cc(N(c2cc(C(C)(C)C)cc(C(C)(C)C)c2)c2cc3c(c4ccccc24)c2ccc(N(c4cc(C)cc(C)c4)c4cc(C(C)(C)C)cc(C(C)(C)C)c4)c4c5sc6ccc(-c7ccccc7)cc6c5n3c24)c1. The van der Waals surface area contributed by atoms with Gasteiger partial charge in [-0.15, -0.1) is 11.3 Å². The van der Waals surface area contributed by atoms with Gasteiger partial charge in [0.05, 0.1) is 32.6 Å². The molecule has 0 saturated heterocycles. The van der Waals surface area contributed by atoms with Crippen LogP contribution in [0.1, 0.15) is 128 Å². The number of thiophene rings is 1. The summed E-state index contributed by atoms with van der Waals surface area (Å²) >= 11 is 1.94. The number of hydrogen-bond acceptors (Lipinski definition) is 3. The number of fused-ring (bicyclic) bond motifs is 10. The zero-order valence-electron chi connectivity index (χ0n) is 48.8. The van der Waals surface area contributed by atoms with Crippen molar-refractivity contribution in [2.24, 2.45) is 0 Å². The highest BCUT2D eigenvalue weighted by atomic mass is 32.1. The normalized spacial score (nSPS) is 12.9. The van der Waals surface area contributed by atoms with Gasteiger partial charge in [0, 0.05) is 54.4 Å². The lowest BCUT2D eigenvalue weighted by Gasteiger charge is -2.32. The van der Waals surface area contributed by atoms with E-state index in [2.05, 4.69) is 289 Å². The number of benzene rings is 9. The van der Waals surface area contributed by atoms with Gasteiger partial charge >= 0.3 is 0 Å². The molecular weight excluding hydrogens is 963 g/mol. The summed E-state index contributed by atoms with van der Waals surface area (Å²) in [5, 5.41) is 7.57. The molecule has 3 heterocycles. The quantitative estimate of drug-likeness (QED) is 0.158. The Bertz CT molecular complexity index is 4240. The Balaban J connectivity index is 1.27. The van der Waals surface area contributed by atoms with E-state index in [4.69, 9.17) is 0 Å². The first kappa shape index (κ1) is 51.4. The van der Waals surface area contributed by atoms with Crippen LogP contribution in [0.4, 0.5) is 34.1 Å². The molecule has 0 saturated carbocycles. The van der Waals surface area contributed by atoms with E-state index in [0.29, 0.717) is 0 Å². The zero-order chi connectivity index (χ0) is 55.1. The van der Waals surface area contributed by atoms with Crippen LogP contribution in [0.15, 0.2) is 164 Å². The van der Waals surface area contributed by atoms with Crippen molar-refractivity contribution < 1.29 is 0 Å². The maximum absolute atomic E-state index is 2.68. The fourth-order valence-corrected chi connectivity index (χ4v) is 13.5. The van der Waals surface area contributed by atoms with Crippen LogP contribution in [-0.4, -0.2) is 4.40 Å². The molecule has 0 amide bonds. The van der Waals surface area contributed by atoms with Crippen molar-refractivity contribution in [2.75, 3.05) is 9.80 Å². The molecule has 0 radical (unpaired) electrons. The molecule has 392 valence electrons. The molecule has 0 aliphatic rings. The number of hydrogen-bond donors (Lipinski definition) is 0.